The number of anilines is 1. The molecule has 0 bridgehead atoms. The van der Waals surface area contributed by atoms with Gasteiger partial charge < -0.3 is 4.74 Å². The molecule has 27 heavy (non-hydrogen) atoms. The van der Waals surface area contributed by atoms with Crippen LogP contribution in [-0.2, 0) is 9.53 Å². The van der Waals surface area contributed by atoms with Crippen LogP contribution in [0.1, 0.15) is 40.0 Å². The molecule has 1 aliphatic rings. The van der Waals surface area contributed by atoms with Crippen LogP contribution in [-0.4, -0.2) is 45.3 Å². The summed E-state index contributed by atoms with van der Waals surface area (Å²) in [5, 5.41) is 12.2. The van der Waals surface area contributed by atoms with E-state index in [0.717, 1.165) is 23.4 Å². The van der Waals surface area contributed by atoms with Crippen molar-refractivity contribution in [2.24, 2.45) is 0 Å². The second-order valence-corrected chi connectivity index (χ2v) is 8.43. The van der Waals surface area contributed by atoms with E-state index in [1.165, 1.54) is 16.2 Å². The molecule has 0 spiro atoms. The number of hydrogen-bond donors (Lipinski definition) is 1. The largest absolute Gasteiger partial charge is 0.444 e. The van der Waals surface area contributed by atoms with E-state index in [1.807, 2.05) is 51.1 Å². The van der Waals surface area contributed by atoms with Gasteiger partial charge in [0.15, 0.2) is 0 Å². The molecule has 1 aromatic carbocycles. The first kappa shape index (κ1) is 19.3. The Balaban J connectivity index is 1.69. The molecule has 7 nitrogen and oxygen atoms in total. The van der Waals surface area contributed by atoms with Crippen LogP contribution >= 0.6 is 11.3 Å². The third-order valence-electron chi connectivity index (χ3n) is 4.11. The number of rotatable bonds is 3. The standard InChI is InChI=1S/C19H24N4O3S/c1-19(2,3)26-18(25)23-12-8-7-11-14(23)15(24)20-17-22-21-16(27-17)13-9-5-4-6-10-13/h4-6,9-10,14H,7-8,11-12H2,1-3H3,(H,20,22,24). The van der Waals surface area contributed by atoms with Crippen LogP contribution in [0.15, 0.2) is 30.3 Å². The van der Waals surface area contributed by atoms with E-state index in [4.69, 9.17) is 4.74 Å². The molecule has 1 saturated heterocycles. The van der Waals surface area contributed by atoms with Gasteiger partial charge in [0.1, 0.15) is 16.7 Å². The van der Waals surface area contributed by atoms with Crippen molar-refractivity contribution in [2.75, 3.05) is 11.9 Å². The van der Waals surface area contributed by atoms with E-state index in [1.54, 1.807) is 0 Å². The van der Waals surface area contributed by atoms with Crippen LogP contribution < -0.4 is 5.32 Å². The molecule has 3 rings (SSSR count). The monoisotopic (exact) mass is 388 g/mol. The number of nitrogens with one attached hydrogen (secondary N) is 1. The second-order valence-electron chi connectivity index (χ2n) is 7.45. The Morgan fingerprint density at radius 1 is 1.19 bits per heavy atom. The van der Waals surface area contributed by atoms with Gasteiger partial charge in [0.25, 0.3) is 0 Å². The number of nitrogens with zero attached hydrogens (tertiary/aromatic N) is 3. The summed E-state index contributed by atoms with van der Waals surface area (Å²) in [7, 11) is 0. The quantitative estimate of drug-likeness (QED) is 0.861. The van der Waals surface area contributed by atoms with E-state index >= 15 is 0 Å². The predicted molar refractivity (Wildman–Crippen MR) is 105 cm³/mol. The van der Waals surface area contributed by atoms with E-state index in [2.05, 4.69) is 15.5 Å². The molecule has 8 heteroatoms. The number of aromatic nitrogens is 2. The van der Waals surface area contributed by atoms with Gasteiger partial charge in [-0.2, -0.15) is 0 Å². The fourth-order valence-electron chi connectivity index (χ4n) is 2.90. The zero-order chi connectivity index (χ0) is 19.4. The molecule has 2 amide bonds. The van der Waals surface area contributed by atoms with E-state index in [-0.39, 0.29) is 5.91 Å². The Bertz CT molecular complexity index is 801. The molecule has 1 N–H and O–H groups in total. The van der Waals surface area contributed by atoms with Crippen LogP contribution in [0.5, 0.6) is 0 Å². The molecule has 1 fully saturated rings. The first-order valence-electron chi connectivity index (χ1n) is 9.03. The van der Waals surface area contributed by atoms with Crippen molar-refractivity contribution >= 4 is 28.5 Å². The lowest BCUT2D eigenvalue weighted by Crippen LogP contribution is -2.51. The first-order chi connectivity index (χ1) is 12.8. The van der Waals surface area contributed by atoms with E-state index < -0.39 is 17.7 Å². The maximum atomic E-state index is 12.8. The van der Waals surface area contributed by atoms with Crippen molar-refractivity contribution in [1.29, 1.82) is 0 Å². The van der Waals surface area contributed by atoms with Gasteiger partial charge >= 0.3 is 6.09 Å². The molecule has 1 atom stereocenters. The summed E-state index contributed by atoms with van der Waals surface area (Å²) in [5.41, 5.74) is 0.350. The summed E-state index contributed by atoms with van der Waals surface area (Å²) in [4.78, 5) is 26.8. The molecule has 2 heterocycles. The van der Waals surface area contributed by atoms with Gasteiger partial charge in [-0.25, -0.2) is 4.79 Å². The molecule has 0 saturated carbocycles. The van der Waals surface area contributed by atoms with Gasteiger partial charge in [-0.15, -0.1) is 10.2 Å². The minimum Gasteiger partial charge on any atom is -0.444 e. The molecule has 1 aromatic heterocycles. The van der Waals surface area contributed by atoms with Gasteiger partial charge in [-0.1, -0.05) is 41.7 Å². The highest BCUT2D eigenvalue weighted by Gasteiger charge is 2.35. The lowest BCUT2D eigenvalue weighted by molar-refractivity contribution is -0.122. The predicted octanol–water partition coefficient (Wildman–Crippen LogP) is 3.93. The number of likely N-dealkylation sites (tertiary alicyclic amines) is 1. The third kappa shape index (κ3) is 5.03. The lowest BCUT2D eigenvalue weighted by Gasteiger charge is -2.35. The fraction of sp³-hybridized carbons (Fsp3) is 0.474. The molecular formula is C19H24N4O3S. The first-order valence-corrected chi connectivity index (χ1v) is 9.84. The molecule has 1 unspecified atom stereocenters. The smallest absolute Gasteiger partial charge is 0.410 e. The number of benzene rings is 1. The Hall–Kier alpha value is -2.48. The van der Waals surface area contributed by atoms with Crippen LogP contribution in [0, 0.1) is 0 Å². The van der Waals surface area contributed by atoms with Gasteiger partial charge in [0.2, 0.25) is 11.0 Å². The molecule has 1 aliphatic heterocycles. The Morgan fingerprint density at radius 2 is 1.93 bits per heavy atom. The molecule has 2 aromatic rings. The number of hydrogen-bond acceptors (Lipinski definition) is 6. The highest BCUT2D eigenvalue weighted by Crippen LogP contribution is 2.27. The summed E-state index contributed by atoms with van der Waals surface area (Å²) >= 11 is 1.31. The Morgan fingerprint density at radius 3 is 2.63 bits per heavy atom. The van der Waals surface area contributed by atoms with Gasteiger partial charge in [0.05, 0.1) is 0 Å². The maximum Gasteiger partial charge on any atom is 0.410 e. The van der Waals surface area contributed by atoms with Gasteiger partial charge in [-0.05, 0) is 40.0 Å². The van der Waals surface area contributed by atoms with Gasteiger partial charge in [-0.3, -0.25) is 15.0 Å². The number of ether oxygens (including phenoxy) is 1. The molecule has 144 valence electrons. The van der Waals surface area contributed by atoms with Crippen LogP contribution in [0.25, 0.3) is 10.6 Å². The van der Waals surface area contributed by atoms with Gasteiger partial charge in [0, 0.05) is 12.1 Å². The minimum absolute atomic E-state index is 0.253. The SMILES string of the molecule is CC(C)(C)OC(=O)N1CCCCC1C(=O)Nc1nnc(-c2ccccc2)s1. The second kappa shape index (κ2) is 8.04. The van der Waals surface area contributed by atoms with Crippen molar-refractivity contribution in [3.8, 4) is 10.6 Å². The normalized spacial score (nSPS) is 17.4. The van der Waals surface area contributed by atoms with Crippen molar-refractivity contribution in [2.45, 2.75) is 51.7 Å². The van der Waals surface area contributed by atoms with Crippen LogP contribution in [0.2, 0.25) is 0 Å². The average Bonchev–Trinajstić information content (AvgIpc) is 3.09. The third-order valence-corrected chi connectivity index (χ3v) is 5.00. The summed E-state index contributed by atoms with van der Waals surface area (Å²) in [6, 6.07) is 9.11. The highest BCUT2D eigenvalue weighted by molar-refractivity contribution is 7.18. The number of amides is 2. The number of carbonyl (C=O) groups excluding carboxylic acids is 2. The molecule has 0 aliphatic carbocycles. The van der Waals surface area contributed by atoms with Crippen LogP contribution in [0.4, 0.5) is 9.93 Å². The maximum absolute atomic E-state index is 12.8. The van der Waals surface area contributed by atoms with E-state index in [9.17, 15) is 9.59 Å². The summed E-state index contributed by atoms with van der Waals surface area (Å²) in [6.45, 7) is 5.96. The minimum atomic E-state index is -0.598. The van der Waals surface area contributed by atoms with E-state index in [0.29, 0.717) is 18.1 Å². The fourth-order valence-corrected chi connectivity index (χ4v) is 3.66. The lowest BCUT2D eigenvalue weighted by atomic mass is 10.0. The molecule has 0 radical (unpaired) electrons. The topological polar surface area (TPSA) is 84.4 Å². The Kier molecular flexibility index (Phi) is 5.74. The molecular weight excluding hydrogens is 364 g/mol. The van der Waals surface area contributed by atoms with Crippen molar-refractivity contribution < 1.29 is 14.3 Å². The Labute approximate surface area is 162 Å². The number of carbonyl (C=O) groups is 2. The van der Waals surface area contributed by atoms with Crippen molar-refractivity contribution in [3.63, 3.8) is 0 Å². The average molecular weight is 388 g/mol. The van der Waals surface area contributed by atoms with Crippen LogP contribution in [0.3, 0.4) is 0 Å². The summed E-state index contributed by atoms with van der Waals surface area (Å²) in [5.74, 6) is -0.253. The summed E-state index contributed by atoms with van der Waals surface area (Å²) in [6.07, 6.45) is 1.91. The number of piperidine rings is 1. The zero-order valence-electron chi connectivity index (χ0n) is 15.8. The summed E-state index contributed by atoms with van der Waals surface area (Å²) < 4.78 is 5.45. The van der Waals surface area contributed by atoms with Crippen molar-refractivity contribution in [3.05, 3.63) is 30.3 Å². The van der Waals surface area contributed by atoms with Crippen molar-refractivity contribution in [1.82, 2.24) is 15.1 Å². The zero-order valence-corrected chi connectivity index (χ0v) is 16.6. The highest BCUT2D eigenvalue weighted by atomic mass is 32.1.